The summed E-state index contributed by atoms with van der Waals surface area (Å²) in [5.74, 6) is 0.0810. The summed E-state index contributed by atoms with van der Waals surface area (Å²) >= 11 is 6.01. The standard InChI is InChI=1S/C22H24ClN5O2/c1-22(13-25-21(30)26-18-11-17(18)15-7-3-2-4-8-15)19(29)28(20(24)27-22)12-14-6-5-9-16(23)10-14/h2-10,17-18H,11-13H2,1H3,(H2,24,27)(H2,25,26,30)/t17-,18+,22?/m0/s1. The van der Waals surface area contributed by atoms with Crippen molar-refractivity contribution in [1.82, 2.24) is 20.9 Å². The van der Waals surface area contributed by atoms with Crippen molar-refractivity contribution in [2.24, 2.45) is 0 Å². The highest BCUT2D eigenvalue weighted by Gasteiger charge is 2.46. The van der Waals surface area contributed by atoms with Crippen LogP contribution in [0.1, 0.15) is 30.4 Å². The average molecular weight is 426 g/mol. The van der Waals surface area contributed by atoms with E-state index in [-0.39, 0.29) is 37.0 Å². The van der Waals surface area contributed by atoms with Gasteiger partial charge in [0.15, 0.2) is 5.96 Å². The van der Waals surface area contributed by atoms with Crippen LogP contribution < -0.4 is 16.0 Å². The van der Waals surface area contributed by atoms with Gasteiger partial charge in [0.05, 0.1) is 13.1 Å². The topological polar surface area (TPSA) is 97.3 Å². The quantitative estimate of drug-likeness (QED) is 0.572. The Morgan fingerprint density at radius 2 is 2.03 bits per heavy atom. The van der Waals surface area contributed by atoms with Crippen LogP contribution in [0.5, 0.6) is 0 Å². The van der Waals surface area contributed by atoms with Gasteiger partial charge in [0.1, 0.15) is 5.54 Å². The highest BCUT2D eigenvalue weighted by atomic mass is 35.5. The van der Waals surface area contributed by atoms with E-state index in [1.54, 1.807) is 25.1 Å². The zero-order valence-corrected chi connectivity index (χ0v) is 17.4. The molecule has 8 heteroatoms. The van der Waals surface area contributed by atoms with E-state index in [9.17, 15) is 9.59 Å². The lowest BCUT2D eigenvalue weighted by Gasteiger charge is -2.22. The van der Waals surface area contributed by atoms with Crippen molar-refractivity contribution in [1.29, 1.82) is 5.41 Å². The molecule has 4 N–H and O–H groups in total. The highest BCUT2D eigenvalue weighted by Crippen LogP contribution is 2.40. The lowest BCUT2D eigenvalue weighted by molar-refractivity contribution is -0.130. The molecule has 2 fully saturated rings. The molecular weight excluding hydrogens is 402 g/mol. The van der Waals surface area contributed by atoms with E-state index in [0.29, 0.717) is 10.9 Å². The molecule has 2 aromatic carbocycles. The second-order valence-electron chi connectivity index (χ2n) is 8.01. The first-order valence-electron chi connectivity index (χ1n) is 9.88. The molecule has 1 heterocycles. The minimum absolute atomic E-state index is 0.0102. The number of nitrogens with zero attached hydrogens (tertiary/aromatic N) is 1. The monoisotopic (exact) mass is 425 g/mol. The van der Waals surface area contributed by atoms with Gasteiger partial charge in [0, 0.05) is 17.0 Å². The zero-order chi connectivity index (χ0) is 21.3. The smallest absolute Gasteiger partial charge is 0.315 e. The van der Waals surface area contributed by atoms with Crippen LogP contribution >= 0.6 is 11.6 Å². The number of benzene rings is 2. The van der Waals surface area contributed by atoms with Gasteiger partial charge in [-0.2, -0.15) is 0 Å². The molecule has 1 aliphatic heterocycles. The summed E-state index contributed by atoms with van der Waals surface area (Å²) in [6.45, 7) is 2.01. The number of halogens is 1. The first kappa shape index (κ1) is 20.2. The van der Waals surface area contributed by atoms with Gasteiger partial charge in [-0.3, -0.25) is 15.1 Å². The molecule has 1 unspecified atom stereocenters. The number of nitrogens with one attached hydrogen (secondary N) is 4. The summed E-state index contributed by atoms with van der Waals surface area (Å²) in [5.41, 5.74) is 0.973. The minimum atomic E-state index is -1.07. The fourth-order valence-corrected chi connectivity index (χ4v) is 3.98. The first-order valence-corrected chi connectivity index (χ1v) is 10.3. The fourth-order valence-electron chi connectivity index (χ4n) is 3.77. The molecule has 3 amide bonds. The molecule has 7 nitrogen and oxygen atoms in total. The molecule has 30 heavy (non-hydrogen) atoms. The second-order valence-corrected chi connectivity index (χ2v) is 8.45. The van der Waals surface area contributed by atoms with E-state index in [4.69, 9.17) is 17.0 Å². The van der Waals surface area contributed by atoms with E-state index in [1.807, 2.05) is 24.3 Å². The summed E-state index contributed by atoms with van der Waals surface area (Å²) in [5, 5.41) is 17.4. The number of rotatable bonds is 6. The van der Waals surface area contributed by atoms with Crippen molar-refractivity contribution < 1.29 is 9.59 Å². The van der Waals surface area contributed by atoms with E-state index in [2.05, 4.69) is 28.1 Å². The number of carbonyl (C=O) groups excluding carboxylic acids is 2. The molecule has 0 aromatic heterocycles. The summed E-state index contributed by atoms with van der Waals surface area (Å²) in [6.07, 6.45) is 0.907. The number of hydrogen-bond acceptors (Lipinski definition) is 3. The third kappa shape index (κ3) is 4.26. The molecule has 156 valence electrons. The molecule has 0 bridgehead atoms. The van der Waals surface area contributed by atoms with Gasteiger partial charge in [-0.1, -0.05) is 54.1 Å². The van der Waals surface area contributed by atoms with Gasteiger partial charge in [0.2, 0.25) is 0 Å². The van der Waals surface area contributed by atoms with Crippen molar-refractivity contribution in [3.05, 3.63) is 70.7 Å². The van der Waals surface area contributed by atoms with Gasteiger partial charge in [-0.15, -0.1) is 0 Å². The van der Waals surface area contributed by atoms with E-state index < -0.39 is 5.54 Å². The number of amides is 3. The van der Waals surface area contributed by atoms with E-state index in [1.165, 1.54) is 10.5 Å². The van der Waals surface area contributed by atoms with Crippen LogP contribution in [0.4, 0.5) is 4.79 Å². The maximum absolute atomic E-state index is 12.9. The lowest BCUT2D eigenvalue weighted by Crippen LogP contribution is -2.54. The predicted molar refractivity (Wildman–Crippen MR) is 115 cm³/mol. The minimum Gasteiger partial charge on any atom is -0.340 e. The molecule has 2 aromatic rings. The average Bonchev–Trinajstić information content (AvgIpc) is 3.45. The van der Waals surface area contributed by atoms with Crippen molar-refractivity contribution >= 4 is 29.5 Å². The second kappa shape index (κ2) is 7.99. The Labute approximate surface area is 180 Å². The molecule has 1 saturated heterocycles. The van der Waals surface area contributed by atoms with Gasteiger partial charge >= 0.3 is 6.03 Å². The molecule has 0 spiro atoms. The van der Waals surface area contributed by atoms with Gasteiger partial charge in [-0.05, 0) is 36.6 Å². The SMILES string of the molecule is CC1(CNC(=O)N[C@@H]2C[C@H]2c2ccccc2)NC(=N)N(Cc2cccc(Cl)c2)C1=O. The number of guanidine groups is 1. The predicted octanol–water partition coefficient (Wildman–Crippen LogP) is 2.82. The fraction of sp³-hybridized carbons (Fsp3) is 0.318. The summed E-state index contributed by atoms with van der Waals surface area (Å²) in [6, 6.07) is 17.1. The first-order chi connectivity index (χ1) is 14.4. The highest BCUT2D eigenvalue weighted by molar-refractivity contribution is 6.30. The lowest BCUT2D eigenvalue weighted by atomic mass is 10.0. The van der Waals surface area contributed by atoms with Crippen LogP contribution in [0.3, 0.4) is 0 Å². The van der Waals surface area contributed by atoms with Crippen LogP contribution in [0.25, 0.3) is 0 Å². The number of hydrogen-bond donors (Lipinski definition) is 4. The third-order valence-corrected chi connectivity index (χ3v) is 5.78. The molecule has 4 rings (SSSR count). The Balaban J connectivity index is 1.30. The normalized spacial score (nSPS) is 25.1. The molecule has 1 aliphatic carbocycles. The molecular formula is C22H24ClN5O2. The number of carbonyl (C=O) groups is 2. The summed E-state index contributed by atoms with van der Waals surface area (Å²) in [4.78, 5) is 26.6. The van der Waals surface area contributed by atoms with Crippen molar-refractivity contribution in [3.8, 4) is 0 Å². The molecule has 1 saturated carbocycles. The zero-order valence-electron chi connectivity index (χ0n) is 16.6. The van der Waals surface area contributed by atoms with Crippen molar-refractivity contribution in [2.75, 3.05) is 6.54 Å². The third-order valence-electron chi connectivity index (χ3n) is 5.55. The molecule has 3 atom stereocenters. The van der Waals surface area contributed by atoms with Crippen molar-refractivity contribution in [3.63, 3.8) is 0 Å². The maximum Gasteiger partial charge on any atom is 0.315 e. The largest absolute Gasteiger partial charge is 0.340 e. The van der Waals surface area contributed by atoms with Crippen LogP contribution in [-0.2, 0) is 11.3 Å². The Hall–Kier alpha value is -3.06. The maximum atomic E-state index is 12.9. The van der Waals surface area contributed by atoms with E-state index in [0.717, 1.165) is 12.0 Å². The Morgan fingerprint density at radius 1 is 1.27 bits per heavy atom. The summed E-state index contributed by atoms with van der Waals surface area (Å²) < 4.78 is 0. The van der Waals surface area contributed by atoms with Crippen LogP contribution in [0, 0.1) is 5.41 Å². The van der Waals surface area contributed by atoms with Gasteiger partial charge in [-0.25, -0.2) is 4.79 Å². The Morgan fingerprint density at radius 3 is 2.77 bits per heavy atom. The summed E-state index contributed by atoms with van der Waals surface area (Å²) in [7, 11) is 0. The molecule has 2 aliphatic rings. The number of urea groups is 1. The molecule has 0 radical (unpaired) electrons. The Kier molecular flexibility index (Phi) is 5.39. The van der Waals surface area contributed by atoms with Crippen LogP contribution in [0.15, 0.2) is 54.6 Å². The van der Waals surface area contributed by atoms with Gasteiger partial charge < -0.3 is 16.0 Å². The van der Waals surface area contributed by atoms with E-state index >= 15 is 0 Å². The van der Waals surface area contributed by atoms with Crippen LogP contribution in [-0.4, -0.2) is 40.9 Å². The van der Waals surface area contributed by atoms with Crippen LogP contribution in [0.2, 0.25) is 5.02 Å². The van der Waals surface area contributed by atoms with Crippen molar-refractivity contribution in [2.45, 2.75) is 37.4 Å². The van der Waals surface area contributed by atoms with Gasteiger partial charge in [0.25, 0.3) is 5.91 Å². The Bertz CT molecular complexity index is 983.